The van der Waals surface area contributed by atoms with Crippen LogP contribution in [-0.4, -0.2) is 53.1 Å². The molecule has 0 spiro atoms. The van der Waals surface area contributed by atoms with Gasteiger partial charge in [0.15, 0.2) is 0 Å². The summed E-state index contributed by atoms with van der Waals surface area (Å²) < 4.78 is 8.50. The average molecular weight is 346 g/mol. The number of aliphatic hydroxyl groups is 1. The molecule has 1 fully saturated rings. The highest BCUT2D eigenvalue weighted by Gasteiger charge is 2.39. The molecule has 1 aromatic heterocycles. The van der Waals surface area contributed by atoms with E-state index in [4.69, 9.17) is 4.74 Å². The maximum absolute atomic E-state index is 10.7. The Balaban J connectivity index is 2.14. The third-order valence-corrected chi connectivity index (χ3v) is 4.24. The third-order valence-electron chi connectivity index (χ3n) is 3.63. The van der Waals surface area contributed by atoms with Gasteiger partial charge in [-0.1, -0.05) is 0 Å². The predicted octanol–water partition coefficient (Wildman–Crippen LogP) is 2.06. The van der Waals surface area contributed by atoms with E-state index in [9.17, 15) is 5.11 Å². The predicted molar refractivity (Wildman–Crippen MR) is 81.6 cm³/mol. The van der Waals surface area contributed by atoms with Crippen molar-refractivity contribution in [3.63, 3.8) is 0 Å². The molecule has 1 N–H and O–H groups in total. The lowest BCUT2D eigenvalue weighted by atomic mass is 10.1. The number of aromatic nitrogens is 2. The van der Waals surface area contributed by atoms with Gasteiger partial charge in [-0.3, -0.25) is 4.68 Å². The van der Waals surface area contributed by atoms with Crippen molar-refractivity contribution in [2.75, 3.05) is 27.2 Å². The summed E-state index contributed by atoms with van der Waals surface area (Å²) in [6.45, 7) is 4.24. The Kier molecular flexibility index (Phi) is 5.60. The summed E-state index contributed by atoms with van der Waals surface area (Å²) in [5.74, 6) is 0.481. The fourth-order valence-corrected chi connectivity index (χ4v) is 2.93. The van der Waals surface area contributed by atoms with E-state index in [0.717, 1.165) is 36.1 Å². The summed E-state index contributed by atoms with van der Waals surface area (Å²) in [6.07, 6.45) is 3.30. The van der Waals surface area contributed by atoms with Gasteiger partial charge >= 0.3 is 0 Å². The van der Waals surface area contributed by atoms with E-state index in [0.29, 0.717) is 12.5 Å². The van der Waals surface area contributed by atoms with E-state index in [-0.39, 0.29) is 6.10 Å². The average Bonchev–Trinajstić information content (AvgIpc) is 3.16. The van der Waals surface area contributed by atoms with Gasteiger partial charge in [-0.05, 0) is 55.7 Å². The Labute approximate surface area is 129 Å². The minimum Gasteiger partial charge on any atom is -0.384 e. The van der Waals surface area contributed by atoms with Crippen molar-refractivity contribution in [3.8, 4) is 0 Å². The highest BCUT2D eigenvalue weighted by atomic mass is 79.9. The van der Waals surface area contributed by atoms with E-state index >= 15 is 0 Å². The smallest absolute Gasteiger partial charge is 0.123 e. The monoisotopic (exact) mass is 345 g/mol. The fourth-order valence-electron chi connectivity index (χ4n) is 2.40. The molecule has 1 saturated carbocycles. The second kappa shape index (κ2) is 7.02. The van der Waals surface area contributed by atoms with Crippen LogP contribution in [0.5, 0.6) is 0 Å². The SMILES string of the molecule is CCOC(C1CC1)C(O)c1c(Br)cnn1CCN(C)C. The van der Waals surface area contributed by atoms with Crippen LogP contribution in [0.3, 0.4) is 0 Å². The largest absolute Gasteiger partial charge is 0.384 e. The highest BCUT2D eigenvalue weighted by Crippen LogP contribution is 2.41. The van der Waals surface area contributed by atoms with Gasteiger partial charge in [-0.15, -0.1) is 0 Å². The normalized spacial score (nSPS) is 18.5. The van der Waals surface area contributed by atoms with Crippen molar-refractivity contribution < 1.29 is 9.84 Å². The summed E-state index contributed by atoms with van der Waals surface area (Å²) in [5, 5.41) is 15.1. The molecule has 0 amide bonds. The number of aliphatic hydroxyl groups excluding tert-OH is 1. The van der Waals surface area contributed by atoms with Crippen LogP contribution in [0.1, 0.15) is 31.6 Å². The Morgan fingerprint density at radius 2 is 2.25 bits per heavy atom. The number of nitrogens with zero attached hydrogens (tertiary/aromatic N) is 3. The van der Waals surface area contributed by atoms with Gasteiger partial charge in [0, 0.05) is 13.2 Å². The van der Waals surface area contributed by atoms with E-state index in [1.807, 2.05) is 25.7 Å². The molecule has 0 saturated heterocycles. The number of rotatable bonds is 8. The van der Waals surface area contributed by atoms with Crippen LogP contribution in [0.2, 0.25) is 0 Å². The van der Waals surface area contributed by atoms with Gasteiger partial charge < -0.3 is 14.7 Å². The Morgan fingerprint density at radius 3 is 2.80 bits per heavy atom. The summed E-state index contributed by atoms with van der Waals surface area (Å²) >= 11 is 3.50. The molecular weight excluding hydrogens is 322 g/mol. The maximum atomic E-state index is 10.7. The molecule has 6 heteroatoms. The lowest BCUT2D eigenvalue weighted by molar-refractivity contribution is -0.0499. The van der Waals surface area contributed by atoms with Crippen molar-refractivity contribution in [1.29, 1.82) is 0 Å². The van der Waals surface area contributed by atoms with E-state index in [1.165, 1.54) is 0 Å². The zero-order chi connectivity index (χ0) is 14.7. The molecule has 2 rings (SSSR count). The zero-order valence-corrected chi connectivity index (χ0v) is 14.0. The van der Waals surface area contributed by atoms with Crippen molar-refractivity contribution in [1.82, 2.24) is 14.7 Å². The van der Waals surface area contributed by atoms with Crippen LogP contribution in [0, 0.1) is 5.92 Å². The Morgan fingerprint density at radius 1 is 1.55 bits per heavy atom. The van der Waals surface area contributed by atoms with Crippen LogP contribution in [0.15, 0.2) is 10.7 Å². The topological polar surface area (TPSA) is 50.5 Å². The van der Waals surface area contributed by atoms with Gasteiger partial charge in [0.1, 0.15) is 6.10 Å². The van der Waals surface area contributed by atoms with Gasteiger partial charge in [-0.25, -0.2) is 0 Å². The first-order valence-electron chi connectivity index (χ1n) is 7.20. The molecule has 2 atom stereocenters. The number of likely N-dealkylation sites (N-methyl/N-ethyl adjacent to an activating group) is 1. The molecule has 5 nitrogen and oxygen atoms in total. The molecule has 0 aliphatic heterocycles. The fraction of sp³-hybridized carbons (Fsp3) is 0.786. The minimum atomic E-state index is -0.624. The molecule has 1 aliphatic carbocycles. The Hall–Kier alpha value is -0.430. The van der Waals surface area contributed by atoms with Gasteiger partial charge in [0.2, 0.25) is 0 Å². The van der Waals surface area contributed by atoms with Crippen LogP contribution in [0.4, 0.5) is 0 Å². The van der Waals surface area contributed by atoms with E-state index in [2.05, 4.69) is 25.9 Å². The molecule has 1 aliphatic rings. The standard InChI is InChI=1S/C14H24BrN3O2/c1-4-20-14(10-5-6-10)13(19)12-11(15)9-16-18(12)8-7-17(2)3/h9-10,13-14,19H,4-8H2,1-3H3. The van der Waals surface area contributed by atoms with E-state index in [1.54, 1.807) is 6.20 Å². The second-order valence-corrected chi connectivity index (χ2v) is 6.46. The number of ether oxygens (including phenoxy) is 1. The van der Waals surface area contributed by atoms with Crippen molar-refractivity contribution in [2.24, 2.45) is 5.92 Å². The molecule has 0 radical (unpaired) electrons. The minimum absolute atomic E-state index is 0.119. The summed E-state index contributed by atoms with van der Waals surface area (Å²) in [5.41, 5.74) is 0.831. The first-order valence-corrected chi connectivity index (χ1v) is 7.99. The van der Waals surface area contributed by atoms with Crippen LogP contribution < -0.4 is 0 Å². The van der Waals surface area contributed by atoms with Gasteiger partial charge in [0.05, 0.1) is 29.0 Å². The quantitative estimate of drug-likeness (QED) is 0.783. The van der Waals surface area contributed by atoms with Crippen LogP contribution in [0.25, 0.3) is 0 Å². The summed E-state index contributed by atoms with van der Waals surface area (Å²) in [4.78, 5) is 2.10. The zero-order valence-electron chi connectivity index (χ0n) is 12.4. The third kappa shape index (κ3) is 3.81. The summed E-state index contributed by atoms with van der Waals surface area (Å²) in [6, 6.07) is 0. The lowest BCUT2D eigenvalue weighted by Gasteiger charge is -2.24. The number of halogens is 1. The maximum Gasteiger partial charge on any atom is 0.123 e. The molecule has 114 valence electrons. The molecule has 1 heterocycles. The summed E-state index contributed by atoms with van der Waals surface area (Å²) in [7, 11) is 4.06. The molecule has 0 aromatic carbocycles. The van der Waals surface area contributed by atoms with Crippen molar-refractivity contribution in [2.45, 2.75) is 38.5 Å². The molecule has 0 bridgehead atoms. The first kappa shape index (κ1) is 15.9. The second-order valence-electron chi connectivity index (χ2n) is 5.61. The van der Waals surface area contributed by atoms with Crippen LogP contribution in [-0.2, 0) is 11.3 Å². The molecule has 2 unspecified atom stereocenters. The van der Waals surface area contributed by atoms with Gasteiger partial charge in [0.25, 0.3) is 0 Å². The van der Waals surface area contributed by atoms with Gasteiger partial charge in [-0.2, -0.15) is 5.10 Å². The van der Waals surface area contributed by atoms with Crippen molar-refractivity contribution in [3.05, 3.63) is 16.4 Å². The van der Waals surface area contributed by atoms with Crippen molar-refractivity contribution >= 4 is 15.9 Å². The Bertz CT molecular complexity index is 432. The molecular formula is C14H24BrN3O2. The molecule has 1 aromatic rings. The lowest BCUT2D eigenvalue weighted by Crippen LogP contribution is -2.28. The molecule has 20 heavy (non-hydrogen) atoms. The van der Waals surface area contributed by atoms with Crippen LogP contribution >= 0.6 is 15.9 Å². The number of hydrogen-bond donors (Lipinski definition) is 1. The number of hydrogen-bond acceptors (Lipinski definition) is 4. The van der Waals surface area contributed by atoms with E-state index < -0.39 is 6.10 Å². The first-order chi connectivity index (χ1) is 9.54. The highest BCUT2D eigenvalue weighted by molar-refractivity contribution is 9.10.